The van der Waals surface area contributed by atoms with Gasteiger partial charge in [0.2, 0.25) is 35.4 Å². The van der Waals surface area contributed by atoms with Gasteiger partial charge in [0.15, 0.2) is 5.78 Å². The van der Waals surface area contributed by atoms with Crippen LogP contribution in [0.4, 0.5) is 0 Å². The number of amides is 6. The maximum absolute atomic E-state index is 14.4. The Hall–Kier alpha value is -5.62. The smallest absolute Gasteiger partial charge is 0.247 e. The van der Waals surface area contributed by atoms with Gasteiger partial charge in [0.25, 0.3) is 0 Å². The molecule has 0 radical (unpaired) electrons. The standard InChI is InChI=1S/C55H71N7O8S2/c1-9-34(2)48(65)58-39-27-30-72-43-33-55(6,7)47(62(43)53(39)70)50(67)59-44(36-21-15-13-16-22-36)40(63)25-19-11-10-12-20-28-57-49(66)45(37-23-17-14-18-24-37)60-51(68)46-54(4,5)32-42-61(46)52(69)38(26-29-71-42)31-41(64)35(3)56-8/h13-18,21-24,34-35,38-39,42-47,56H,9,19,25-33H2,1-8H3,(H,57,66)(H,58,65)(H,59,67)(H,60,68)/t34-,35+,38-,39+,42+,43+,44+,45+,46?,47-/m1/s1. The van der Waals surface area contributed by atoms with Gasteiger partial charge in [0.05, 0.1) is 23.3 Å². The van der Waals surface area contributed by atoms with Crippen LogP contribution in [-0.2, 0) is 38.4 Å². The third kappa shape index (κ3) is 13.3. The lowest BCUT2D eigenvalue weighted by atomic mass is 9.83. The zero-order valence-electron chi connectivity index (χ0n) is 42.8. The number of carbonyl (C=O) groups excluding carboxylic acids is 8. The van der Waals surface area contributed by atoms with Crippen LogP contribution in [0.15, 0.2) is 60.7 Å². The van der Waals surface area contributed by atoms with Crippen LogP contribution < -0.4 is 26.6 Å². The number of fused-ring (bicyclic) bond motifs is 2. The highest BCUT2D eigenvalue weighted by Crippen LogP contribution is 2.48. The summed E-state index contributed by atoms with van der Waals surface area (Å²) in [5.41, 5.74) is -0.0995. The molecule has 4 aliphatic heterocycles. The highest BCUT2D eigenvalue weighted by atomic mass is 32.2. The lowest BCUT2D eigenvalue weighted by Crippen LogP contribution is -2.57. The molecule has 1 unspecified atom stereocenters. The first kappa shape index (κ1) is 55.7. The molecule has 0 aromatic heterocycles. The summed E-state index contributed by atoms with van der Waals surface area (Å²) in [6, 6.07) is 12.8. The highest BCUT2D eigenvalue weighted by molar-refractivity contribution is 8.00. The maximum Gasteiger partial charge on any atom is 0.247 e. The summed E-state index contributed by atoms with van der Waals surface area (Å²) in [6.07, 6.45) is 3.00. The monoisotopic (exact) mass is 1020 g/mol. The number of thioether (sulfide) groups is 2. The van der Waals surface area contributed by atoms with Crippen molar-refractivity contribution in [2.75, 3.05) is 25.1 Å². The number of Topliss-reactive ketones (excluding diaryl/α,β-unsaturated/α-hetero) is 2. The quantitative estimate of drug-likeness (QED) is 0.125. The lowest BCUT2D eigenvalue weighted by Gasteiger charge is -2.35. The minimum Gasteiger partial charge on any atom is -0.344 e. The Kier molecular flexibility index (Phi) is 19.2. The van der Waals surface area contributed by atoms with E-state index >= 15 is 0 Å². The second kappa shape index (κ2) is 24.9. The largest absolute Gasteiger partial charge is 0.344 e. The number of ketones is 2. The van der Waals surface area contributed by atoms with E-state index in [9.17, 15) is 38.4 Å². The zero-order chi connectivity index (χ0) is 52.3. The van der Waals surface area contributed by atoms with E-state index in [1.54, 1.807) is 95.8 Å². The fourth-order valence-corrected chi connectivity index (χ4v) is 13.2. The topological polar surface area (TPSA) is 203 Å². The van der Waals surface area contributed by atoms with E-state index in [0.29, 0.717) is 54.7 Å². The molecular weight excluding hydrogens is 951 g/mol. The molecule has 4 fully saturated rings. The first-order chi connectivity index (χ1) is 34.3. The Bertz CT molecular complexity index is 2300. The van der Waals surface area contributed by atoms with E-state index in [1.807, 2.05) is 53.7 Å². The predicted octanol–water partition coefficient (Wildman–Crippen LogP) is 5.07. The van der Waals surface area contributed by atoms with Crippen LogP contribution in [0, 0.1) is 46.3 Å². The number of benzene rings is 2. The molecule has 2 aromatic carbocycles. The molecule has 17 heteroatoms. The Morgan fingerprint density at radius 1 is 0.708 bits per heavy atom. The Balaban J connectivity index is 1.08. The van der Waals surface area contributed by atoms with Gasteiger partial charge in [-0.2, -0.15) is 0 Å². The van der Waals surface area contributed by atoms with Crippen molar-refractivity contribution in [3.8, 4) is 23.7 Å². The molecule has 15 nitrogen and oxygen atoms in total. The molecule has 2 aromatic rings. The molecule has 0 bridgehead atoms. The fourth-order valence-electron chi connectivity index (χ4n) is 10.0. The van der Waals surface area contributed by atoms with Crippen molar-refractivity contribution in [3.05, 3.63) is 71.8 Å². The van der Waals surface area contributed by atoms with E-state index in [1.165, 1.54) is 0 Å². The molecule has 4 aliphatic rings. The molecule has 0 saturated carbocycles. The van der Waals surface area contributed by atoms with Gasteiger partial charge < -0.3 is 36.4 Å². The van der Waals surface area contributed by atoms with Crippen LogP contribution in [0.25, 0.3) is 0 Å². The van der Waals surface area contributed by atoms with Gasteiger partial charge in [-0.15, -0.1) is 23.5 Å². The third-order valence-corrected chi connectivity index (χ3v) is 17.0. The maximum atomic E-state index is 14.4. The average molecular weight is 1020 g/mol. The van der Waals surface area contributed by atoms with Crippen LogP contribution in [0.5, 0.6) is 0 Å². The number of hydrogen-bond acceptors (Lipinski definition) is 11. The molecule has 5 N–H and O–H groups in total. The Morgan fingerprint density at radius 3 is 1.81 bits per heavy atom. The van der Waals surface area contributed by atoms with Crippen LogP contribution in [0.3, 0.4) is 0 Å². The number of rotatable bonds is 18. The number of nitrogens with one attached hydrogen (secondary N) is 5. The van der Waals surface area contributed by atoms with Crippen LogP contribution in [-0.4, -0.2) is 117 Å². The van der Waals surface area contributed by atoms with Crippen molar-refractivity contribution < 1.29 is 38.4 Å². The van der Waals surface area contributed by atoms with Crippen LogP contribution in [0.2, 0.25) is 0 Å². The van der Waals surface area contributed by atoms with Crippen LogP contribution in [0.1, 0.15) is 123 Å². The number of carbonyl (C=O) groups is 8. The molecule has 10 atom stereocenters. The normalized spacial score (nSPS) is 24.7. The average Bonchev–Trinajstić information content (AvgIpc) is 3.68. The van der Waals surface area contributed by atoms with Crippen molar-refractivity contribution in [3.63, 3.8) is 0 Å². The Labute approximate surface area is 433 Å². The Morgan fingerprint density at radius 2 is 1.24 bits per heavy atom. The summed E-state index contributed by atoms with van der Waals surface area (Å²) in [5, 5.41) is 14.1. The minimum atomic E-state index is -1.10. The van der Waals surface area contributed by atoms with Gasteiger partial charge in [-0.1, -0.05) is 114 Å². The summed E-state index contributed by atoms with van der Waals surface area (Å²) in [5.74, 6) is 9.29. The molecule has 0 spiro atoms. The minimum absolute atomic E-state index is 0.00278. The van der Waals surface area contributed by atoms with Crippen molar-refractivity contribution >= 4 is 70.5 Å². The molecule has 6 amide bonds. The third-order valence-electron chi connectivity index (χ3n) is 14.5. The summed E-state index contributed by atoms with van der Waals surface area (Å²) >= 11 is 3.23. The van der Waals surface area contributed by atoms with Gasteiger partial charge in [0, 0.05) is 31.1 Å². The van der Waals surface area contributed by atoms with E-state index in [0.717, 1.165) is 0 Å². The van der Waals surface area contributed by atoms with Gasteiger partial charge in [0.1, 0.15) is 36.0 Å². The van der Waals surface area contributed by atoms with Gasteiger partial charge in [-0.3, -0.25) is 38.4 Å². The number of hydrogen-bond donors (Lipinski definition) is 5. The number of likely N-dealkylation sites (N-methyl/N-ethyl adjacent to an activating group) is 1. The van der Waals surface area contributed by atoms with E-state index in [2.05, 4.69) is 50.3 Å². The first-order valence-electron chi connectivity index (χ1n) is 25.1. The SMILES string of the molecule is CC[C@@H](C)C(=O)N[C@H]1CCS[C@H]2CC(C)(C)[C@@H](C(=O)N[C@H](C(=O)CCC#CC#CCNC(=O)[C@@H](NC(=O)C3N4C(=O)[C@@H](CC(=O)[C@H](C)NC)CCS[C@H]4CC3(C)C)c3ccccc3)c3ccccc3)N2C1=O. The van der Waals surface area contributed by atoms with Crippen molar-refractivity contribution in [2.45, 2.75) is 147 Å². The summed E-state index contributed by atoms with van der Waals surface area (Å²) in [6.45, 7) is 13.2. The number of nitrogens with zero attached hydrogens (tertiary/aromatic N) is 2. The zero-order valence-corrected chi connectivity index (χ0v) is 44.4. The summed E-state index contributed by atoms with van der Waals surface area (Å²) in [7, 11) is 1.70. The summed E-state index contributed by atoms with van der Waals surface area (Å²) in [4.78, 5) is 114. The van der Waals surface area contributed by atoms with Crippen molar-refractivity contribution in [1.29, 1.82) is 0 Å². The van der Waals surface area contributed by atoms with Crippen molar-refractivity contribution in [1.82, 2.24) is 36.4 Å². The highest BCUT2D eigenvalue weighted by Gasteiger charge is 2.56. The molecule has 6 rings (SSSR count). The van der Waals surface area contributed by atoms with E-state index in [-0.39, 0.29) is 71.8 Å². The summed E-state index contributed by atoms with van der Waals surface area (Å²) < 4.78 is 0. The second-order valence-electron chi connectivity index (χ2n) is 20.7. The molecule has 4 saturated heterocycles. The first-order valence-corrected chi connectivity index (χ1v) is 27.2. The lowest BCUT2D eigenvalue weighted by molar-refractivity contribution is -0.145. The van der Waals surface area contributed by atoms with Gasteiger partial charge in [-0.25, -0.2) is 0 Å². The fraction of sp³-hybridized carbons (Fsp3) is 0.564. The molecule has 0 aliphatic carbocycles. The predicted molar refractivity (Wildman–Crippen MR) is 280 cm³/mol. The van der Waals surface area contributed by atoms with Gasteiger partial charge in [-0.05, 0) is 91.4 Å². The molecule has 72 heavy (non-hydrogen) atoms. The molecule has 4 heterocycles. The second-order valence-corrected chi connectivity index (χ2v) is 23.2. The van der Waals surface area contributed by atoms with Gasteiger partial charge >= 0.3 is 0 Å². The van der Waals surface area contributed by atoms with E-state index in [4.69, 9.17) is 0 Å². The van der Waals surface area contributed by atoms with Crippen LogP contribution >= 0.6 is 23.5 Å². The van der Waals surface area contributed by atoms with Crippen molar-refractivity contribution in [2.24, 2.45) is 22.7 Å². The molecular formula is C55H71N7O8S2. The van der Waals surface area contributed by atoms with E-state index < -0.39 is 70.7 Å². The molecule has 386 valence electrons.